The number of anilines is 1. The second kappa shape index (κ2) is 5.46. The minimum Gasteiger partial charge on any atom is -0.406 e. The first-order valence-corrected chi connectivity index (χ1v) is 6.58. The Morgan fingerprint density at radius 1 is 1.38 bits per heavy atom. The summed E-state index contributed by atoms with van der Waals surface area (Å²) in [4.78, 5) is 4.23. The van der Waals surface area contributed by atoms with Gasteiger partial charge in [-0.05, 0) is 42.0 Å². The number of nitrogens with two attached hydrogens (primary N) is 1. The van der Waals surface area contributed by atoms with Crippen LogP contribution in [-0.2, 0) is 0 Å². The summed E-state index contributed by atoms with van der Waals surface area (Å²) in [5.74, 6) is 0.519. The first-order valence-electron chi connectivity index (χ1n) is 6.58. The van der Waals surface area contributed by atoms with E-state index in [0.29, 0.717) is 23.6 Å². The van der Waals surface area contributed by atoms with Gasteiger partial charge in [0.05, 0.1) is 0 Å². The van der Waals surface area contributed by atoms with Gasteiger partial charge in [-0.2, -0.15) is 0 Å². The van der Waals surface area contributed by atoms with Crippen molar-refractivity contribution in [2.24, 2.45) is 22.1 Å². The van der Waals surface area contributed by atoms with E-state index in [0.717, 1.165) is 6.42 Å². The normalized spacial score (nSPS) is 21.0. The zero-order chi connectivity index (χ0) is 15.7. The minimum absolute atomic E-state index is 0.252. The zero-order valence-corrected chi connectivity index (χ0v) is 11.9. The molecule has 1 fully saturated rings. The Morgan fingerprint density at radius 3 is 2.43 bits per heavy atom. The predicted octanol–water partition coefficient (Wildman–Crippen LogP) is 3.36. The first-order chi connectivity index (χ1) is 9.66. The molecule has 0 amide bonds. The van der Waals surface area contributed by atoms with Gasteiger partial charge in [-0.1, -0.05) is 13.8 Å². The van der Waals surface area contributed by atoms with E-state index in [9.17, 15) is 13.2 Å². The molecule has 3 N–H and O–H groups in total. The van der Waals surface area contributed by atoms with Crippen LogP contribution in [0.3, 0.4) is 0 Å². The van der Waals surface area contributed by atoms with E-state index in [4.69, 9.17) is 5.73 Å². The number of nitrogens with one attached hydrogen (secondary N) is 1. The molecule has 0 bridgehead atoms. The molecule has 1 saturated carbocycles. The maximum atomic E-state index is 12.0. The Morgan fingerprint density at radius 2 is 1.95 bits per heavy atom. The maximum Gasteiger partial charge on any atom is 0.573 e. The van der Waals surface area contributed by atoms with Gasteiger partial charge < -0.3 is 15.8 Å². The lowest BCUT2D eigenvalue weighted by Gasteiger charge is -2.10. The Hall–Kier alpha value is -1.92. The number of alkyl halides is 3. The lowest BCUT2D eigenvalue weighted by Crippen LogP contribution is -2.23. The van der Waals surface area contributed by atoms with Crippen LogP contribution in [0, 0.1) is 11.3 Å². The van der Waals surface area contributed by atoms with Gasteiger partial charge in [-0.3, -0.25) is 4.99 Å². The molecule has 4 nitrogen and oxygen atoms in total. The van der Waals surface area contributed by atoms with Gasteiger partial charge in [0.25, 0.3) is 0 Å². The van der Waals surface area contributed by atoms with E-state index in [2.05, 4.69) is 28.9 Å². The van der Waals surface area contributed by atoms with Crippen LogP contribution in [-0.4, -0.2) is 18.9 Å². The lowest BCUT2D eigenvalue weighted by molar-refractivity contribution is -0.274. The van der Waals surface area contributed by atoms with Crippen LogP contribution >= 0.6 is 0 Å². The van der Waals surface area contributed by atoms with Gasteiger partial charge in [0.2, 0.25) is 0 Å². The molecule has 0 radical (unpaired) electrons. The van der Waals surface area contributed by atoms with Gasteiger partial charge in [0.1, 0.15) is 5.75 Å². The summed E-state index contributed by atoms with van der Waals surface area (Å²) < 4.78 is 39.8. The van der Waals surface area contributed by atoms with Crippen LogP contribution in [0.4, 0.5) is 18.9 Å². The molecule has 0 spiro atoms. The summed E-state index contributed by atoms with van der Waals surface area (Å²) in [6.45, 7) is 5.01. The molecule has 0 saturated heterocycles. The first kappa shape index (κ1) is 15.5. The van der Waals surface area contributed by atoms with Crippen molar-refractivity contribution in [3.63, 3.8) is 0 Å². The van der Waals surface area contributed by atoms with E-state index < -0.39 is 6.36 Å². The van der Waals surface area contributed by atoms with Gasteiger partial charge in [0.15, 0.2) is 5.96 Å². The van der Waals surface area contributed by atoms with Crippen LogP contribution in [0.2, 0.25) is 0 Å². The number of nitrogens with zero attached hydrogens (tertiary/aromatic N) is 1. The molecule has 1 aromatic carbocycles. The number of rotatable bonds is 4. The SMILES string of the molecule is CC1(C)CC1CN=C(N)Nc1ccc(OC(F)(F)F)cc1. The Kier molecular flexibility index (Phi) is 4.02. The van der Waals surface area contributed by atoms with Crippen molar-refractivity contribution in [1.82, 2.24) is 0 Å². The molecule has 2 rings (SSSR count). The van der Waals surface area contributed by atoms with E-state index in [-0.39, 0.29) is 11.7 Å². The van der Waals surface area contributed by atoms with Crippen molar-refractivity contribution in [3.05, 3.63) is 24.3 Å². The number of hydrogen-bond donors (Lipinski definition) is 2. The number of benzene rings is 1. The highest BCUT2D eigenvalue weighted by Crippen LogP contribution is 2.51. The van der Waals surface area contributed by atoms with Gasteiger partial charge in [0, 0.05) is 12.2 Å². The third kappa shape index (κ3) is 4.84. The third-order valence-electron chi connectivity index (χ3n) is 3.56. The quantitative estimate of drug-likeness (QED) is 0.662. The summed E-state index contributed by atoms with van der Waals surface area (Å²) >= 11 is 0. The number of ether oxygens (including phenoxy) is 1. The van der Waals surface area contributed by atoms with Crippen molar-refractivity contribution >= 4 is 11.6 Å². The molecule has 1 aliphatic carbocycles. The molecule has 1 aromatic rings. The van der Waals surface area contributed by atoms with Gasteiger partial charge in [-0.15, -0.1) is 13.2 Å². The summed E-state index contributed by atoms with van der Waals surface area (Å²) in [6.07, 6.45) is -3.56. The summed E-state index contributed by atoms with van der Waals surface area (Å²) in [7, 11) is 0. The van der Waals surface area contributed by atoms with Crippen LogP contribution in [0.1, 0.15) is 20.3 Å². The third-order valence-corrected chi connectivity index (χ3v) is 3.56. The average Bonchev–Trinajstić information content (AvgIpc) is 2.95. The highest BCUT2D eigenvalue weighted by molar-refractivity contribution is 5.92. The molecule has 0 aliphatic heterocycles. The van der Waals surface area contributed by atoms with Gasteiger partial charge in [-0.25, -0.2) is 0 Å². The van der Waals surface area contributed by atoms with E-state index in [1.807, 2.05) is 0 Å². The maximum absolute atomic E-state index is 12.0. The number of halogens is 3. The zero-order valence-electron chi connectivity index (χ0n) is 11.9. The highest BCUT2D eigenvalue weighted by Gasteiger charge is 2.45. The van der Waals surface area contributed by atoms with E-state index >= 15 is 0 Å². The molecule has 0 heterocycles. The second-order valence-electron chi connectivity index (χ2n) is 5.81. The van der Waals surface area contributed by atoms with Crippen LogP contribution in [0.25, 0.3) is 0 Å². The largest absolute Gasteiger partial charge is 0.573 e. The summed E-state index contributed by atoms with van der Waals surface area (Å²) in [6, 6.07) is 5.33. The Balaban J connectivity index is 1.86. The Bertz CT molecular complexity index is 523. The highest BCUT2D eigenvalue weighted by atomic mass is 19.4. The summed E-state index contributed by atoms with van der Waals surface area (Å²) in [5, 5.41) is 2.83. The van der Waals surface area contributed by atoms with Crippen LogP contribution in [0.5, 0.6) is 5.75 Å². The number of guanidine groups is 1. The van der Waals surface area contributed by atoms with Crippen LogP contribution in [0.15, 0.2) is 29.3 Å². The predicted molar refractivity (Wildman–Crippen MR) is 75.1 cm³/mol. The minimum atomic E-state index is -4.69. The number of aliphatic imine (C=N–C) groups is 1. The molecule has 0 aromatic heterocycles. The fourth-order valence-corrected chi connectivity index (χ4v) is 2.02. The smallest absolute Gasteiger partial charge is 0.406 e. The topological polar surface area (TPSA) is 59.6 Å². The van der Waals surface area contributed by atoms with Crippen molar-refractivity contribution in [2.45, 2.75) is 26.6 Å². The van der Waals surface area contributed by atoms with Crippen molar-refractivity contribution in [3.8, 4) is 5.75 Å². The van der Waals surface area contributed by atoms with E-state index in [1.165, 1.54) is 24.3 Å². The number of hydrogen-bond acceptors (Lipinski definition) is 2. The molecule has 7 heteroatoms. The van der Waals surface area contributed by atoms with Crippen molar-refractivity contribution in [2.75, 3.05) is 11.9 Å². The lowest BCUT2D eigenvalue weighted by atomic mass is 10.1. The summed E-state index contributed by atoms with van der Waals surface area (Å²) in [5.41, 5.74) is 6.63. The van der Waals surface area contributed by atoms with Gasteiger partial charge >= 0.3 is 6.36 Å². The van der Waals surface area contributed by atoms with E-state index in [1.54, 1.807) is 0 Å². The fourth-order valence-electron chi connectivity index (χ4n) is 2.02. The van der Waals surface area contributed by atoms with Crippen molar-refractivity contribution < 1.29 is 17.9 Å². The standard InChI is InChI=1S/C14H18F3N3O/c1-13(2)7-9(13)8-19-12(18)20-10-3-5-11(6-4-10)21-14(15,16)17/h3-6,9H,7-8H2,1-2H3,(H3,18,19,20). The molecule has 1 unspecified atom stereocenters. The molecule has 1 atom stereocenters. The molecular weight excluding hydrogens is 283 g/mol. The fraction of sp³-hybridized carbons (Fsp3) is 0.500. The van der Waals surface area contributed by atoms with Crippen molar-refractivity contribution in [1.29, 1.82) is 0 Å². The van der Waals surface area contributed by atoms with Crippen LogP contribution < -0.4 is 15.8 Å². The monoisotopic (exact) mass is 301 g/mol. The second-order valence-corrected chi connectivity index (χ2v) is 5.81. The Labute approximate surface area is 121 Å². The molecular formula is C14H18F3N3O. The molecule has 21 heavy (non-hydrogen) atoms. The molecule has 1 aliphatic rings. The average molecular weight is 301 g/mol. The molecule has 116 valence electrons.